The van der Waals surface area contributed by atoms with Crippen molar-refractivity contribution < 1.29 is 0 Å². The van der Waals surface area contributed by atoms with Gasteiger partial charge in [0, 0.05) is 12.1 Å². The Hall–Kier alpha value is -0.0400. The predicted octanol–water partition coefficient (Wildman–Crippen LogP) is 3.73. The van der Waals surface area contributed by atoms with Crippen molar-refractivity contribution in [2.75, 3.05) is 0 Å². The van der Waals surface area contributed by atoms with E-state index in [1.54, 1.807) is 6.42 Å². The Kier molecular flexibility index (Phi) is 3.24. The number of rotatable bonds is 3. The Morgan fingerprint density at radius 3 is 2.50 bits per heavy atom. The van der Waals surface area contributed by atoms with Crippen LogP contribution in [0.4, 0.5) is 0 Å². The monoisotopic (exact) mass is 221 g/mol. The average molecular weight is 221 g/mol. The summed E-state index contributed by atoms with van der Waals surface area (Å²) in [5.74, 6) is 3.20. The molecular weight excluding hydrogens is 194 g/mol. The summed E-state index contributed by atoms with van der Waals surface area (Å²) in [6.45, 7) is 2.34. The van der Waals surface area contributed by atoms with Crippen molar-refractivity contribution in [3.05, 3.63) is 0 Å². The van der Waals surface area contributed by atoms with Gasteiger partial charge in [-0.2, -0.15) is 0 Å². The van der Waals surface area contributed by atoms with Gasteiger partial charge in [0.05, 0.1) is 0 Å². The number of hydrogen-bond donors (Lipinski definition) is 1. The highest BCUT2D eigenvalue weighted by atomic mass is 15.0. The lowest BCUT2D eigenvalue weighted by Gasteiger charge is -2.39. The summed E-state index contributed by atoms with van der Waals surface area (Å²) in [6.07, 6.45) is 13.4. The lowest BCUT2D eigenvalue weighted by molar-refractivity contribution is 0.142. The fourth-order valence-corrected chi connectivity index (χ4v) is 4.23. The van der Waals surface area contributed by atoms with E-state index in [-0.39, 0.29) is 0 Å². The van der Waals surface area contributed by atoms with Crippen LogP contribution in [0.15, 0.2) is 0 Å². The molecule has 0 heterocycles. The van der Waals surface area contributed by atoms with Crippen molar-refractivity contribution in [1.82, 2.24) is 5.32 Å². The zero-order valence-corrected chi connectivity index (χ0v) is 10.8. The molecule has 92 valence electrons. The van der Waals surface area contributed by atoms with E-state index in [4.69, 9.17) is 0 Å². The Morgan fingerprint density at radius 1 is 0.938 bits per heavy atom. The molecule has 0 aromatic heterocycles. The Bertz CT molecular complexity index is 238. The quantitative estimate of drug-likeness (QED) is 0.765. The van der Waals surface area contributed by atoms with Gasteiger partial charge < -0.3 is 5.32 Å². The Balaban J connectivity index is 1.47. The third-order valence-corrected chi connectivity index (χ3v) is 5.44. The summed E-state index contributed by atoms with van der Waals surface area (Å²) >= 11 is 0. The van der Waals surface area contributed by atoms with Gasteiger partial charge in [-0.25, -0.2) is 0 Å². The lowest BCUT2D eigenvalue weighted by Crippen LogP contribution is -2.40. The van der Waals surface area contributed by atoms with Gasteiger partial charge >= 0.3 is 0 Å². The van der Waals surface area contributed by atoms with Crippen molar-refractivity contribution in [1.29, 1.82) is 0 Å². The van der Waals surface area contributed by atoms with Crippen LogP contribution < -0.4 is 5.32 Å². The van der Waals surface area contributed by atoms with Gasteiger partial charge in [0.1, 0.15) is 0 Å². The van der Waals surface area contributed by atoms with E-state index in [0.717, 1.165) is 29.8 Å². The van der Waals surface area contributed by atoms with Crippen LogP contribution in [0, 0.1) is 17.8 Å². The molecule has 3 saturated carbocycles. The molecule has 5 unspecified atom stereocenters. The van der Waals surface area contributed by atoms with E-state index >= 15 is 0 Å². The first-order chi connectivity index (χ1) is 7.86. The molecule has 3 aliphatic rings. The summed E-state index contributed by atoms with van der Waals surface area (Å²) in [7, 11) is 0. The first kappa shape index (κ1) is 11.1. The molecule has 16 heavy (non-hydrogen) atoms. The van der Waals surface area contributed by atoms with Crippen LogP contribution in [0.25, 0.3) is 0 Å². The van der Waals surface area contributed by atoms with E-state index < -0.39 is 0 Å². The predicted molar refractivity (Wildman–Crippen MR) is 68.4 cm³/mol. The van der Waals surface area contributed by atoms with Gasteiger partial charge in [-0.3, -0.25) is 0 Å². The first-order valence-corrected chi connectivity index (χ1v) is 7.63. The largest absolute Gasteiger partial charge is 0.311 e. The summed E-state index contributed by atoms with van der Waals surface area (Å²) in [4.78, 5) is 0. The maximum atomic E-state index is 3.93. The van der Waals surface area contributed by atoms with Gasteiger partial charge in [0.15, 0.2) is 0 Å². The highest BCUT2D eigenvalue weighted by Crippen LogP contribution is 2.42. The van der Waals surface area contributed by atoms with Crippen LogP contribution in [0.2, 0.25) is 0 Å². The second kappa shape index (κ2) is 4.68. The Labute approximate surface area is 100 Å². The molecule has 0 amide bonds. The summed E-state index contributed by atoms with van der Waals surface area (Å²) < 4.78 is 0. The molecule has 1 N–H and O–H groups in total. The third kappa shape index (κ3) is 2.30. The van der Waals surface area contributed by atoms with E-state index in [1.165, 1.54) is 51.4 Å². The molecule has 0 aromatic carbocycles. The second-order valence-electron chi connectivity index (χ2n) is 6.49. The number of fused-ring (bicyclic) bond motifs is 1. The highest BCUT2D eigenvalue weighted by Gasteiger charge is 2.39. The molecular formula is C15H27N. The molecule has 3 rings (SSSR count). The van der Waals surface area contributed by atoms with Crippen LogP contribution >= 0.6 is 0 Å². The van der Waals surface area contributed by atoms with E-state index in [9.17, 15) is 0 Å². The van der Waals surface area contributed by atoms with Gasteiger partial charge in [-0.05, 0) is 43.4 Å². The minimum Gasteiger partial charge on any atom is -0.311 e. The third-order valence-electron chi connectivity index (χ3n) is 5.44. The minimum absolute atomic E-state index is 0.876. The summed E-state index contributed by atoms with van der Waals surface area (Å²) in [6, 6.07) is 1.77. The molecule has 0 spiro atoms. The maximum Gasteiger partial charge on any atom is 0.0102 e. The number of nitrogens with one attached hydrogen (secondary N) is 1. The van der Waals surface area contributed by atoms with Crippen LogP contribution in [0.3, 0.4) is 0 Å². The molecule has 0 aliphatic heterocycles. The van der Waals surface area contributed by atoms with Gasteiger partial charge in [-0.1, -0.05) is 39.0 Å². The summed E-state index contributed by atoms with van der Waals surface area (Å²) in [5.41, 5.74) is 0. The molecule has 0 bridgehead atoms. The van der Waals surface area contributed by atoms with E-state index in [1.807, 2.05) is 0 Å². The fraction of sp³-hybridized carbons (Fsp3) is 1.00. The van der Waals surface area contributed by atoms with Crippen molar-refractivity contribution >= 4 is 0 Å². The van der Waals surface area contributed by atoms with E-state index in [0.29, 0.717) is 0 Å². The fourth-order valence-electron chi connectivity index (χ4n) is 4.23. The molecule has 1 nitrogen and oxygen atoms in total. The zero-order valence-electron chi connectivity index (χ0n) is 10.8. The average Bonchev–Trinajstić information content (AvgIpc) is 3.07. The molecule has 3 aliphatic carbocycles. The van der Waals surface area contributed by atoms with Crippen molar-refractivity contribution in [3.63, 3.8) is 0 Å². The molecule has 1 heteroatoms. The van der Waals surface area contributed by atoms with Crippen molar-refractivity contribution in [2.45, 2.75) is 76.8 Å². The van der Waals surface area contributed by atoms with Crippen LogP contribution in [-0.4, -0.2) is 12.1 Å². The van der Waals surface area contributed by atoms with Gasteiger partial charge in [-0.15, -0.1) is 0 Å². The zero-order chi connectivity index (χ0) is 11.0. The SMILES string of the molecule is CCC1CC1NC1CCC2CCCCC2C1. The van der Waals surface area contributed by atoms with Gasteiger partial charge in [0.2, 0.25) is 0 Å². The minimum atomic E-state index is 0.876. The van der Waals surface area contributed by atoms with Crippen molar-refractivity contribution in [3.8, 4) is 0 Å². The smallest absolute Gasteiger partial charge is 0.0102 e. The van der Waals surface area contributed by atoms with Crippen LogP contribution in [0.5, 0.6) is 0 Å². The highest BCUT2D eigenvalue weighted by molar-refractivity contribution is 4.96. The van der Waals surface area contributed by atoms with Gasteiger partial charge in [0.25, 0.3) is 0 Å². The number of hydrogen-bond acceptors (Lipinski definition) is 1. The molecule has 0 radical (unpaired) electrons. The summed E-state index contributed by atoms with van der Waals surface area (Å²) in [5, 5.41) is 3.93. The Morgan fingerprint density at radius 2 is 1.75 bits per heavy atom. The molecule has 5 atom stereocenters. The first-order valence-electron chi connectivity index (χ1n) is 7.63. The standard InChI is InChI=1S/C15H27N/c1-2-11-10-15(11)16-14-8-7-12-5-3-4-6-13(12)9-14/h11-16H,2-10H2,1H3. The molecule has 3 fully saturated rings. The normalized spacial score (nSPS) is 47.4. The van der Waals surface area contributed by atoms with Crippen LogP contribution in [0.1, 0.15) is 64.7 Å². The van der Waals surface area contributed by atoms with Crippen molar-refractivity contribution in [2.24, 2.45) is 17.8 Å². The molecule has 0 aromatic rings. The van der Waals surface area contributed by atoms with E-state index in [2.05, 4.69) is 12.2 Å². The topological polar surface area (TPSA) is 12.0 Å². The van der Waals surface area contributed by atoms with Crippen LogP contribution in [-0.2, 0) is 0 Å². The molecule has 0 saturated heterocycles. The second-order valence-corrected chi connectivity index (χ2v) is 6.49. The maximum absolute atomic E-state index is 3.93. The lowest BCUT2D eigenvalue weighted by atomic mass is 9.69.